The summed E-state index contributed by atoms with van der Waals surface area (Å²) in [5, 5.41) is 52.8. The van der Waals surface area contributed by atoms with Gasteiger partial charge in [0.2, 0.25) is 0 Å². The van der Waals surface area contributed by atoms with E-state index in [4.69, 9.17) is 0 Å². The van der Waals surface area contributed by atoms with Crippen molar-refractivity contribution in [2.24, 2.45) is 23.7 Å². The van der Waals surface area contributed by atoms with Crippen LogP contribution in [0.25, 0.3) is 11.3 Å². The van der Waals surface area contributed by atoms with Crippen molar-refractivity contribution in [1.29, 1.82) is 0 Å². The molecule has 7 unspecified atom stereocenters. The van der Waals surface area contributed by atoms with Gasteiger partial charge in [0.05, 0.1) is 23.7 Å². The van der Waals surface area contributed by atoms with Crippen molar-refractivity contribution in [3.05, 3.63) is 54.2 Å². The van der Waals surface area contributed by atoms with Gasteiger partial charge in [0.25, 0.3) is 0 Å². The zero-order chi connectivity index (χ0) is 31.5. The molecule has 7 heteroatoms. The van der Waals surface area contributed by atoms with Crippen LogP contribution in [0.15, 0.2) is 48.6 Å². The van der Waals surface area contributed by atoms with E-state index in [0.29, 0.717) is 31.6 Å². The Labute approximate surface area is 263 Å². The minimum atomic E-state index is -0.992. The van der Waals surface area contributed by atoms with Gasteiger partial charge in [0.15, 0.2) is 0 Å². The predicted octanol–water partition coefficient (Wildman–Crippen LogP) is 7.39. The molecular formula is C37H55NO6. The van der Waals surface area contributed by atoms with Gasteiger partial charge in [0, 0.05) is 22.9 Å². The Morgan fingerprint density at radius 3 is 2.61 bits per heavy atom. The van der Waals surface area contributed by atoms with E-state index in [-0.39, 0.29) is 30.1 Å². The van der Waals surface area contributed by atoms with Gasteiger partial charge in [-0.3, -0.25) is 4.79 Å². The van der Waals surface area contributed by atoms with Crippen molar-refractivity contribution in [2.75, 3.05) is 0 Å². The van der Waals surface area contributed by atoms with E-state index in [1.807, 2.05) is 18.2 Å². The van der Waals surface area contributed by atoms with Gasteiger partial charge in [-0.1, -0.05) is 76.2 Å². The third-order valence-electron chi connectivity index (χ3n) is 10.3. The number of aromatic amines is 1. The summed E-state index contributed by atoms with van der Waals surface area (Å²) in [6.45, 7) is 2.21. The lowest BCUT2D eigenvalue weighted by Gasteiger charge is -2.32. The van der Waals surface area contributed by atoms with Crippen LogP contribution in [0, 0.1) is 23.7 Å². The Hall–Kier alpha value is -2.61. The number of aliphatic carboxylic acids is 1. The van der Waals surface area contributed by atoms with Crippen molar-refractivity contribution in [3.8, 4) is 17.0 Å². The highest BCUT2D eigenvalue weighted by Gasteiger charge is 2.42. The molecule has 1 aromatic carbocycles. The van der Waals surface area contributed by atoms with Crippen molar-refractivity contribution >= 4 is 5.97 Å². The average molecular weight is 610 g/mol. The first-order valence-electron chi connectivity index (χ1n) is 17.2. The molecule has 0 radical (unpaired) electrons. The summed E-state index contributed by atoms with van der Waals surface area (Å²) >= 11 is 0. The minimum Gasteiger partial charge on any atom is -0.508 e. The van der Waals surface area contributed by atoms with Crippen molar-refractivity contribution in [2.45, 2.75) is 127 Å². The monoisotopic (exact) mass is 609 g/mol. The van der Waals surface area contributed by atoms with Crippen LogP contribution in [0.5, 0.6) is 5.75 Å². The van der Waals surface area contributed by atoms with E-state index in [0.717, 1.165) is 68.3 Å². The number of aliphatic hydroxyl groups is 3. The number of nitrogens with one attached hydrogen (secondary N) is 1. The maximum absolute atomic E-state index is 12.1. The molecule has 7 atom stereocenters. The number of carbonyl (C=O) groups is 1. The van der Waals surface area contributed by atoms with E-state index < -0.39 is 23.6 Å². The largest absolute Gasteiger partial charge is 0.508 e. The number of aromatic hydroxyl groups is 1. The first-order valence-corrected chi connectivity index (χ1v) is 17.2. The van der Waals surface area contributed by atoms with Crippen LogP contribution in [-0.4, -0.2) is 54.3 Å². The van der Waals surface area contributed by atoms with E-state index in [1.54, 1.807) is 18.2 Å². The second-order valence-corrected chi connectivity index (χ2v) is 13.6. The number of phenolic OH excluding ortho intramolecular Hbond substituents is 1. The molecule has 0 bridgehead atoms. The third-order valence-corrected chi connectivity index (χ3v) is 10.3. The lowest BCUT2D eigenvalue weighted by Crippen LogP contribution is -2.37. The topological polar surface area (TPSA) is 134 Å². The average Bonchev–Trinajstić information content (AvgIpc) is 3.61. The van der Waals surface area contributed by atoms with Crippen LogP contribution < -0.4 is 0 Å². The van der Waals surface area contributed by atoms with E-state index in [2.05, 4.69) is 24.1 Å². The van der Waals surface area contributed by atoms with E-state index >= 15 is 0 Å². The van der Waals surface area contributed by atoms with Crippen LogP contribution in [-0.2, 0) is 11.2 Å². The summed E-state index contributed by atoms with van der Waals surface area (Å²) in [6.07, 6.45) is 16.5. The van der Waals surface area contributed by atoms with Crippen LogP contribution in [0.3, 0.4) is 0 Å². The first kappa shape index (κ1) is 34.3. The molecule has 6 N–H and O–H groups in total. The summed E-state index contributed by atoms with van der Waals surface area (Å²) in [4.78, 5) is 15.5. The zero-order valence-electron chi connectivity index (χ0n) is 26.5. The van der Waals surface area contributed by atoms with Crippen LogP contribution in [0.1, 0.15) is 109 Å². The lowest BCUT2D eigenvalue weighted by atomic mass is 9.80. The summed E-state index contributed by atoms with van der Waals surface area (Å²) in [7, 11) is 0. The molecule has 0 amide bonds. The second kappa shape index (κ2) is 16.6. The number of aromatic nitrogens is 1. The molecule has 44 heavy (non-hydrogen) atoms. The van der Waals surface area contributed by atoms with Gasteiger partial charge in [-0.15, -0.1) is 0 Å². The Morgan fingerprint density at radius 1 is 1.05 bits per heavy atom. The number of phenols is 1. The number of allylic oxidation sites excluding steroid dienone is 1. The molecule has 2 aliphatic rings. The maximum Gasteiger partial charge on any atom is 0.309 e. The molecule has 1 fully saturated rings. The molecule has 7 nitrogen and oxygen atoms in total. The molecule has 4 rings (SSSR count). The fourth-order valence-corrected chi connectivity index (χ4v) is 7.57. The summed E-state index contributed by atoms with van der Waals surface area (Å²) in [5.41, 5.74) is 1.90. The SMILES string of the molecule is CCCCCC1C=CC(CCCCCC(C(=O)O)C(O)CCC2(O)CCCC2Cc2ccc(-c3cccc(O)c3)[nH]2)C(O)C1. The highest BCUT2D eigenvalue weighted by Crippen LogP contribution is 2.42. The number of aliphatic hydroxyl groups excluding tert-OH is 2. The highest BCUT2D eigenvalue weighted by atomic mass is 16.4. The number of unbranched alkanes of at least 4 members (excludes halogenated alkanes) is 4. The van der Waals surface area contributed by atoms with Gasteiger partial charge in [-0.2, -0.15) is 0 Å². The quantitative estimate of drug-likeness (QED) is 0.0771. The maximum atomic E-state index is 12.1. The second-order valence-electron chi connectivity index (χ2n) is 13.6. The van der Waals surface area contributed by atoms with Gasteiger partial charge < -0.3 is 30.5 Å². The first-order chi connectivity index (χ1) is 21.2. The number of carboxylic acids is 1. The van der Waals surface area contributed by atoms with E-state index in [9.17, 15) is 30.3 Å². The fourth-order valence-electron chi connectivity index (χ4n) is 7.57. The molecule has 1 aromatic heterocycles. The zero-order valence-corrected chi connectivity index (χ0v) is 26.5. The number of benzene rings is 1. The van der Waals surface area contributed by atoms with Crippen molar-refractivity contribution in [3.63, 3.8) is 0 Å². The Bertz CT molecular complexity index is 1190. The van der Waals surface area contributed by atoms with Crippen molar-refractivity contribution < 1.29 is 30.3 Å². The Balaban J connectivity index is 1.20. The molecule has 0 spiro atoms. The normalized spacial score (nSPS) is 26.5. The number of carboxylic acid groups (broad SMARTS) is 1. The summed E-state index contributed by atoms with van der Waals surface area (Å²) in [5.74, 6) is -0.897. The van der Waals surface area contributed by atoms with Crippen LogP contribution >= 0.6 is 0 Å². The fraction of sp³-hybridized carbons (Fsp3) is 0.649. The minimum absolute atomic E-state index is 0.0319. The number of hydrogen-bond donors (Lipinski definition) is 6. The van der Waals surface area contributed by atoms with Gasteiger partial charge in [0.1, 0.15) is 5.75 Å². The lowest BCUT2D eigenvalue weighted by molar-refractivity contribution is -0.146. The molecule has 244 valence electrons. The predicted molar refractivity (Wildman–Crippen MR) is 174 cm³/mol. The number of H-pyrrole nitrogens is 1. The number of hydrogen-bond acceptors (Lipinski definition) is 5. The highest BCUT2D eigenvalue weighted by molar-refractivity contribution is 5.70. The molecule has 1 saturated carbocycles. The van der Waals surface area contributed by atoms with Gasteiger partial charge >= 0.3 is 5.97 Å². The van der Waals surface area contributed by atoms with Gasteiger partial charge in [-0.25, -0.2) is 0 Å². The van der Waals surface area contributed by atoms with Crippen molar-refractivity contribution in [1.82, 2.24) is 4.98 Å². The van der Waals surface area contributed by atoms with E-state index in [1.165, 1.54) is 19.3 Å². The Kier molecular flexibility index (Phi) is 13.0. The van der Waals surface area contributed by atoms with Crippen LogP contribution in [0.4, 0.5) is 0 Å². The summed E-state index contributed by atoms with van der Waals surface area (Å²) < 4.78 is 0. The standard InChI is InChI=1S/C37H55NO6/c1-2-3-5-10-26-16-17-27(35(41)23-26)11-6-4-7-15-32(36(42)43)34(40)20-22-37(44)21-9-13-29(37)25-30-18-19-33(38-30)28-12-8-14-31(39)24-28/h8,12,14,16-19,24,26-27,29,32,34-35,38-41,44H,2-7,9-11,13,15,20-23,25H2,1H3,(H,42,43). The molecule has 1 heterocycles. The molecule has 0 saturated heterocycles. The molecular weight excluding hydrogens is 554 g/mol. The number of rotatable bonds is 18. The summed E-state index contributed by atoms with van der Waals surface area (Å²) in [6, 6.07) is 11.1. The van der Waals surface area contributed by atoms with Gasteiger partial charge in [-0.05, 0) is 93.9 Å². The third kappa shape index (κ3) is 9.69. The molecule has 2 aromatic rings. The smallest absolute Gasteiger partial charge is 0.309 e. The van der Waals surface area contributed by atoms with Crippen LogP contribution in [0.2, 0.25) is 0 Å². The Morgan fingerprint density at radius 2 is 1.86 bits per heavy atom. The molecule has 0 aliphatic heterocycles. The molecule has 2 aliphatic carbocycles.